The number of rotatable bonds is 4. The third-order valence-electron chi connectivity index (χ3n) is 3.90. The number of aromatic amines is 1. The van der Waals surface area contributed by atoms with Gasteiger partial charge >= 0.3 is 0 Å². The fourth-order valence-corrected chi connectivity index (χ4v) is 3.66. The Morgan fingerprint density at radius 2 is 2.23 bits per heavy atom. The quantitative estimate of drug-likeness (QED) is 0.931. The number of nitrogens with one attached hydrogen (secondary N) is 1. The van der Waals surface area contributed by atoms with Gasteiger partial charge in [-0.05, 0) is 19.1 Å². The van der Waals surface area contributed by atoms with E-state index in [9.17, 15) is 8.42 Å². The Morgan fingerprint density at radius 1 is 1.41 bits per heavy atom. The summed E-state index contributed by atoms with van der Waals surface area (Å²) in [5, 5.41) is 0. The van der Waals surface area contributed by atoms with Crippen molar-refractivity contribution < 1.29 is 13.2 Å². The van der Waals surface area contributed by atoms with Gasteiger partial charge in [-0.3, -0.25) is 0 Å². The predicted octanol–water partition coefficient (Wildman–Crippen LogP) is 1.79. The van der Waals surface area contributed by atoms with E-state index in [1.165, 1.54) is 4.31 Å². The van der Waals surface area contributed by atoms with Crippen molar-refractivity contribution in [3.8, 4) is 17.1 Å². The molecular formula is C15H19N3O3S. The van der Waals surface area contributed by atoms with Gasteiger partial charge in [0.25, 0.3) is 0 Å². The Morgan fingerprint density at radius 3 is 2.95 bits per heavy atom. The molecule has 0 fully saturated rings. The van der Waals surface area contributed by atoms with Crippen LogP contribution < -0.4 is 4.74 Å². The zero-order chi connectivity index (χ0) is 15.7. The Hall–Kier alpha value is -1.86. The van der Waals surface area contributed by atoms with Crippen LogP contribution in [0.5, 0.6) is 5.75 Å². The summed E-state index contributed by atoms with van der Waals surface area (Å²) in [6.45, 7) is 2.52. The van der Waals surface area contributed by atoms with Gasteiger partial charge in [0.2, 0.25) is 10.0 Å². The first kappa shape index (κ1) is 15.1. The number of imidazole rings is 1. The van der Waals surface area contributed by atoms with Gasteiger partial charge in [0.05, 0.1) is 30.8 Å². The fourth-order valence-electron chi connectivity index (χ4n) is 2.60. The van der Waals surface area contributed by atoms with E-state index in [0.29, 0.717) is 19.5 Å². The monoisotopic (exact) mass is 321 g/mol. The van der Waals surface area contributed by atoms with Gasteiger partial charge in [-0.25, -0.2) is 13.4 Å². The molecule has 1 aromatic carbocycles. The number of fused-ring (bicyclic) bond motifs is 1. The van der Waals surface area contributed by atoms with Crippen LogP contribution in [0.25, 0.3) is 11.4 Å². The van der Waals surface area contributed by atoms with Crippen LogP contribution in [0.15, 0.2) is 24.3 Å². The van der Waals surface area contributed by atoms with Crippen molar-refractivity contribution in [1.29, 1.82) is 0 Å². The van der Waals surface area contributed by atoms with E-state index in [4.69, 9.17) is 4.74 Å². The average molecular weight is 321 g/mol. The van der Waals surface area contributed by atoms with Crippen molar-refractivity contribution in [3.05, 3.63) is 35.7 Å². The molecule has 2 aromatic rings. The highest BCUT2D eigenvalue weighted by Gasteiger charge is 2.27. The van der Waals surface area contributed by atoms with Crippen LogP contribution in [0, 0.1) is 0 Å². The molecule has 6 nitrogen and oxygen atoms in total. The molecule has 22 heavy (non-hydrogen) atoms. The van der Waals surface area contributed by atoms with Gasteiger partial charge in [-0.15, -0.1) is 0 Å². The van der Waals surface area contributed by atoms with Gasteiger partial charge in [-0.1, -0.05) is 12.1 Å². The van der Waals surface area contributed by atoms with Gasteiger partial charge in [0.1, 0.15) is 11.6 Å². The van der Waals surface area contributed by atoms with E-state index in [0.717, 1.165) is 28.5 Å². The predicted molar refractivity (Wildman–Crippen MR) is 84.2 cm³/mol. The summed E-state index contributed by atoms with van der Waals surface area (Å²) in [5.74, 6) is 1.64. The SMILES string of the molecule is CCS(=O)(=O)N1CCc2nc(-c3cccc(OC)c3)[nH]c2C1. The van der Waals surface area contributed by atoms with Gasteiger partial charge < -0.3 is 9.72 Å². The topological polar surface area (TPSA) is 75.3 Å². The smallest absolute Gasteiger partial charge is 0.214 e. The number of methoxy groups -OCH3 is 1. The third-order valence-corrected chi connectivity index (χ3v) is 5.73. The number of H-pyrrole nitrogens is 1. The van der Waals surface area contributed by atoms with E-state index in [1.54, 1.807) is 14.0 Å². The minimum absolute atomic E-state index is 0.124. The molecule has 7 heteroatoms. The number of aromatic nitrogens is 2. The van der Waals surface area contributed by atoms with Crippen molar-refractivity contribution in [2.75, 3.05) is 19.4 Å². The summed E-state index contributed by atoms with van der Waals surface area (Å²) in [6, 6.07) is 7.64. The first-order chi connectivity index (χ1) is 10.5. The molecule has 2 heterocycles. The Balaban J connectivity index is 1.90. The number of hydrogen-bond donors (Lipinski definition) is 1. The maximum atomic E-state index is 12.0. The Labute approximate surface area is 130 Å². The molecule has 0 radical (unpaired) electrons. The van der Waals surface area contributed by atoms with Crippen molar-refractivity contribution in [1.82, 2.24) is 14.3 Å². The molecule has 0 bridgehead atoms. The second kappa shape index (κ2) is 5.73. The molecule has 0 aliphatic carbocycles. The van der Waals surface area contributed by atoms with Gasteiger partial charge in [0, 0.05) is 18.5 Å². The van der Waals surface area contributed by atoms with Crippen LogP contribution in [0.3, 0.4) is 0 Å². The standard InChI is InChI=1S/C15H19N3O3S/c1-3-22(19,20)18-8-7-13-14(10-18)17-15(16-13)11-5-4-6-12(9-11)21-2/h4-6,9H,3,7-8,10H2,1-2H3,(H,16,17). The molecule has 0 saturated heterocycles. The van der Waals surface area contributed by atoms with Gasteiger partial charge in [-0.2, -0.15) is 4.31 Å². The molecule has 0 amide bonds. The molecule has 0 spiro atoms. The highest BCUT2D eigenvalue weighted by molar-refractivity contribution is 7.89. The minimum atomic E-state index is -3.16. The molecule has 0 atom stereocenters. The summed E-state index contributed by atoms with van der Waals surface area (Å²) in [6.07, 6.45) is 0.634. The lowest BCUT2D eigenvalue weighted by Gasteiger charge is -2.24. The van der Waals surface area contributed by atoms with Crippen molar-refractivity contribution in [2.24, 2.45) is 0 Å². The molecule has 1 aliphatic heterocycles. The second-order valence-corrected chi connectivity index (χ2v) is 7.48. The minimum Gasteiger partial charge on any atom is -0.497 e. The molecule has 1 N–H and O–H groups in total. The van der Waals surface area contributed by atoms with Crippen LogP contribution in [-0.4, -0.2) is 42.1 Å². The number of sulfonamides is 1. The van der Waals surface area contributed by atoms with Crippen molar-refractivity contribution in [3.63, 3.8) is 0 Å². The molecule has 1 aromatic heterocycles. The molecule has 3 rings (SSSR count). The van der Waals surface area contributed by atoms with Crippen molar-refractivity contribution in [2.45, 2.75) is 19.9 Å². The van der Waals surface area contributed by atoms with Crippen LogP contribution in [-0.2, 0) is 23.0 Å². The molecule has 0 saturated carbocycles. The summed E-state index contributed by atoms with van der Waals surface area (Å²) in [7, 11) is -1.54. The molecule has 118 valence electrons. The van der Waals surface area contributed by atoms with Crippen LogP contribution in [0.1, 0.15) is 18.3 Å². The van der Waals surface area contributed by atoms with E-state index >= 15 is 0 Å². The largest absolute Gasteiger partial charge is 0.497 e. The second-order valence-electron chi connectivity index (χ2n) is 5.23. The van der Waals surface area contributed by atoms with Crippen molar-refractivity contribution >= 4 is 10.0 Å². The zero-order valence-corrected chi connectivity index (χ0v) is 13.5. The van der Waals surface area contributed by atoms with Crippen LogP contribution in [0.4, 0.5) is 0 Å². The van der Waals surface area contributed by atoms with E-state index in [-0.39, 0.29) is 5.75 Å². The third kappa shape index (κ3) is 2.74. The first-order valence-corrected chi connectivity index (χ1v) is 8.84. The number of ether oxygens (including phenoxy) is 1. The fraction of sp³-hybridized carbons (Fsp3) is 0.400. The van der Waals surface area contributed by atoms with Gasteiger partial charge in [0.15, 0.2) is 0 Å². The lowest BCUT2D eigenvalue weighted by molar-refractivity contribution is 0.386. The summed E-state index contributed by atoms with van der Waals surface area (Å²) < 4.78 is 30.7. The summed E-state index contributed by atoms with van der Waals surface area (Å²) in [5.41, 5.74) is 2.75. The van der Waals surface area contributed by atoms with E-state index in [2.05, 4.69) is 9.97 Å². The number of nitrogens with zero attached hydrogens (tertiary/aromatic N) is 2. The number of benzene rings is 1. The molecule has 0 unspecified atom stereocenters. The normalized spacial score (nSPS) is 15.5. The lowest BCUT2D eigenvalue weighted by atomic mass is 10.2. The maximum absolute atomic E-state index is 12.0. The molecular weight excluding hydrogens is 302 g/mol. The highest BCUT2D eigenvalue weighted by Crippen LogP contribution is 2.26. The first-order valence-electron chi connectivity index (χ1n) is 7.23. The van der Waals surface area contributed by atoms with Crippen LogP contribution in [0.2, 0.25) is 0 Å². The average Bonchev–Trinajstić information content (AvgIpc) is 2.98. The maximum Gasteiger partial charge on any atom is 0.214 e. The number of hydrogen-bond acceptors (Lipinski definition) is 4. The summed E-state index contributed by atoms with van der Waals surface area (Å²) in [4.78, 5) is 7.86. The van der Waals surface area contributed by atoms with E-state index in [1.807, 2.05) is 24.3 Å². The lowest BCUT2D eigenvalue weighted by Crippen LogP contribution is -2.36. The highest BCUT2D eigenvalue weighted by atomic mass is 32.2. The van der Waals surface area contributed by atoms with Crippen LogP contribution >= 0.6 is 0 Å². The van der Waals surface area contributed by atoms with E-state index < -0.39 is 10.0 Å². The summed E-state index contributed by atoms with van der Waals surface area (Å²) >= 11 is 0. The Bertz CT molecular complexity index is 783. The Kier molecular flexibility index (Phi) is 3.92. The molecule has 1 aliphatic rings. The zero-order valence-electron chi connectivity index (χ0n) is 12.7.